The van der Waals surface area contributed by atoms with E-state index in [1.54, 1.807) is 24.3 Å². The van der Waals surface area contributed by atoms with Gasteiger partial charge in [-0.1, -0.05) is 54.8 Å². The van der Waals surface area contributed by atoms with Gasteiger partial charge in [-0.05, 0) is 25.0 Å². The van der Waals surface area contributed by atoms with E-state index in [0.717, 1.165) is 25.1 Å². The number of benzene rings is 2. The molecule has 1 aromatic heterocycles. The van der Waals surface area contributed by atoms with Gasteiger partial charge in [-0.3, -0.25) is 14.6 Å². The highest BCUT2D eigenvalue weighted by Gasteiger charge is 2.43. The summed E-state index contributed by atoms with van der Waals surface area (Å²) < 4.78 is 44.3. The summed E-state index contributed by atoms with van der Waals surface area (Å²) in [6.45, 7) is -0.138. The molecule has 1 heterocycles. The molecule has 0 radical (unpaired) electrons. The maximum absolute atomic E-state index is 13.4. The van der Waals surface area contributed by atoms with Gasteiger partial charge >= 0.3 is 12.1 Å². The first-order valence-corrected chi connectivity index (χ1v) is 11.1. The van der Waals surface area contributed by atoms with E-state index < -0.39 is 29.0 Å². The predicted molar refractivity (Wildman–Crippen MR) is 120 cm³/mol. The lowest BCUT2D eigenvalue weighted by atomic mass is 9.79. The van der Waals surface area contributed by atoms with E-state index in [-0.39, 0.29) is 24.3 Å². The maximum atomic E-state index is 13.4. The number of alkyl halides is 3. The monoisotopic (exact) mass is 491 g/mol. The molecule has 3 aromatic rings. The number of carboxylic acid groups (broad SMARTS) is 1. The topological polar surface area (TPSA) is 76.5 Å². The molecule has 0 spiro atoms. The number of aliphatic carboxylic acids is 1. The van der Waals surface area contributed by atoms with E-state index in [4.69, 9.17) is 16.3 Å². The van der Waals surface area contributed by atoms with Crippen molar-refractivity contribution in [1.29, 1.82) is 0 Å². The number of rotatable bonds is 7. The molecule has 5 nitrogen and oxygen atoms in total. The Morgan fingerprint density at radius 3 is 2.35 bits per heavy atom. The van der Waals surface area contributed by atoms with E-state index in [1.807, 2.05) is 0 Å². The molecule has 0 unspecified atom stereocenters. The number of pyridine rings is 1. The van der Waals surface area contributed by atoms with Gasteiger partial charge in [0.15, 0.2) is 5.78 Å². The van der Waals surface area contributed by atoms with Gasteiger partial charge in [0.1, 0.15) is 18.1 Å². The first-order valence-electron chi connectivity index (χ1n) is 10.7. The average Bonchev–Trinajstić information content (AvgIpc) is 3.28. The molecule has 1 aliphatic rings. The van der Waals surface area contributed by atoms with Crippen LogP contribution in [0.25, 0.3) is 10.8 Å². The number of carbonyl (C=O) groups is 2. The normalized spacial score (nSPS) is 15.4. The highest BCUT2D eigenvalue weighted by atomic mass is 35.5. The molecular weight excluding hydrogens is 471 g/mol. The number of aromatic nitrogens is 1. The number of nitrogens with zero attached hydrogens (tertiary/aromatic N) is 1. The fourth-order valence-electron chi connectivity index (χ4n) is 4.42. The quantitative estimate of drug-likeness (QED) is 0.372. The second-order valence-corrected chi connectivity index (χ2v) is 8.92. The van der Waals surface area contributed by atoms with Gasteiger partial charge in [-0.2, -0.15) is 13.2 Å². The smallest absolute Gasteiger partial charge is 0.433 e. The van der Waals surface area contributed by atoms with Crippen molar-refractivity contribution in [2.45, 2.75) is 44.9 Å². The summed E-state index contributed by atoms with van der Waals surface area (Å²) in [5.74, 6) is -1.19. The third-order valence-corrected chi connectivity index (χ3v) is 6.57. The molecule has 1 aliphatic carbocycles. The second kappa shape index (κ2) is 9.25. The lowest BCUT2D eigenvalue weighted by molar-refractivity contribution is -0.148. The Morgan fingerprint density at radius 2 is 1.76 bits per heavy atom. The third-order valence-electron chi connectivity index (χ3n) is 6.26. The first kappa shape index (κ1) is 24.0. The van der Waals surface area contributed by atoms with E-state index in [0.29, 0.717) is 34.2 Å². The fourth-order valence-corrected chi connectivity index (χ4v) is 4.69. The maximum Gasteiger partial charge on any atom is 0.433 e. The summed E-state index contributed by atoms with van der Waals surface area (Å²) in [5, 5.41) is 11.3. The zero-order valence-corrected chi connectivity index (χ0v) is 18.7. The molecule has 1 saturated carbocycles. The van der Waals surface area contributed by atoms with Gasteiger partial charge in [0.05, 0.1) is 11.0 Å². The van der Waals surface area contributed by atoms with Crippen molar-refractivity contribution in [3.05, 3.63) is 70.5 Å². The van der Waals surface area contributed by atoms with Crippen LogP contribution in [0.5, 0.6) is 5.75 Å². The lowest BCUT2D eigenvalue weighted by Crippen LogP contribution is -2.30. The lowest BCUT2D eigenvalue weighted by Gasteiger charge is -2.24. The number of fused-ring (bicyclic) bond motifs is 1. The summed E-state index contributed by atoms with van der Waals surface area (Å²) in [6, 6.07) is 10.6. The Balaban J connectivity index is 1.68. The first-order chi connectivity index (χ1) is 16.1. The molecule has 4 rings (SSSR count). The van der Waals surface area contributed by atoms with Crippen LogP contribution in [0.1, 0.15) is 53.7 Å². The van der Waals surface area contributed by atoms with Crippen LogP contribution in [0.4, 0.5) is 13.2 Å². The van der Waals surface area contributed by atoms with Crippen LogP contribution in [-0.4, -0.2) is 21.8 Å². The van der Waals surface area contributed by atoms with Gasteiger partial charge < -0.3 is 9.84 Å². The van der Waals surface area contributed by atoms with Crippen LogP contribution in [-0.2, 0) is 17.6 Å². The molecule has 0 aliphatic heterocycles. The highest BCUT2D eigenvalue weighted by Crippen LogP contribution is 2.44. The molecule has 0 saturated heterocycles. The Bertz CT molecular complexity index is 1240. The third kappa shape index (κ3) is 4.73. The van der Waals surface area contributed by atoms with Crippen LogP contribution >= 0.6 is 11.6 Å². The molecule has 34 heavy (non-hydrogen) atoms. The molecule has 1 fully saturated rings. The number of hydrogen-bond acceptors (Lipinski definition) is 4. The minimum Gasteiger partial charge on any atom is -0.487 e. The SMILES string of the molecule is O=C(CC1(C(=O)O)CCCC1)c1cc(Cl)c2ccccc2c1OCc1ccc(C(F)(F)F)nc1. The van der Waals surface area contributed by atoms with Crippen LogP contribution < -0.4 is 4.74 Å². The van der Waals surface area contributed by atoms with Crippen molar-refractivity contribution in [2.24, 2.45) is 5.41 Å². The number of Topliss-reactive ketones (excluding diaryl/α,β-unsaturated/α-hetero) is 1. The summed E-state index contributed by atoms with van der Waals surface area (Å²) in [7, 11) is 0. The van der Waals surface area contributed by atoms with E-state index >= 15 is 0 Å². The number of carbonyl (C=O) groups excluding carboxylic acids is 1. The molecule has 178 valence electrons. The molecular formula is C25H21ClF3NO4. The van der Waals surface area contributed by atoms with E-state index in [1.165, 1.54) is 12.1 Å². The van der Waals surface area contributed by atoms with Crippen LogP contribution in [0.3, 0.4) is 0 Å². The Morgan fingerprint density at radius 1 is 1.09 bits per heavy atom. The van der Waals surface area contributed by atoms with Crippen LogP contribution in [0.2, 0.25) is 5.02 Å². The van der Waals surface area contributed by atoms with Gasteiger partial charge in [-0.15, -0.1) is 0 Å². The molecule has 0 atom stereocenters. The molecule has 0 amide bonds. The zero-order valence-electron chi connectivity index (χ0n) is 18.0. The number of ketones is 1. The van der Waals surface area contributed by atoms with Gasteiger partial charge in [0.2, 0.25) is 0 Å². The zero-order chi connectivity index (χ0) is 24.5. The van der Waals surface area contributed by atoms with Crippen molar-refractivity contribution >= 4 is 34.1 Å². The van der Waals surface area contributed by atoms with E-state index in [2.05, 4.69) is 4.98 Å². The van der Waals surface area contributed by atoms with Gasteiger partial charge in [0.25, 0.3) is 0 Å². The summed E-state index contributed by atoms with van der Waals surface area (Å²) in [5.41, 5.74) is -1.61. The summed E-state index contributed by atoms with van der Waals surface area (Å²) >= 11 is 6.43. The number of hydrogen-bond donors (Lipinski definition) is 1. The van der Waals surface area contributed by atoms with Crippen molar-refractivity contribution in [2.75, 3.05) is 0 Å². The summed E-state index contributed by atoms with van der Waals surface area (Å²) in [6.07, 6.45) is -1.35. The minimum absolute atomic E-state index is 0.138. The molecule has 0 bridgehead atoms. The Labute approximate surface area is 198 Å². The molecule has 1 N–H and O–H groups in total. The predicted octanol–water partition coefficient (Wildman–Crippen LogP) is 6.70. The fraction of sp³-hybridized carbons (Fsp3) is 0.320. The van der Waals surface area contributed by atoms with E-state index in [9.17, 15) is 27.9 Å². The largest absolute Gasteiger partial charge is 0.487 e. The second-order valence-electron chi connectivity index (χ2n) is 8.51. The van der Waals surface area contributed by atoms with Crippen molar-refractivity contribution in [1.82, 2.24) is 4.98 Å². The highest BCUT2D eigenvalue weighted by molar-refractivity contribution is 6.36. The number of ether oxygens (including phenoxy) is 1. The van der Waals surface area contributed by atoms with Crippen LogP contribution in [0.15, 0.2) is 48.7 Å². The minimum atomic E-state index is -4.55. The average molecular weight is 492 g/mol. The van der Waals surface area contributed by atoms with Gasteiger partial charge in [0, 0.05) is 34.0 Å². The Hall–Kier alpha value is -3.13. The Kier molecular flexibility index (Phi) is 6.53. The van der Waals surface area contributed by atoms with Crippen LogP contribution in [0, 0.1) is 5.41 Å². The van der Waals surface area contributed by atoms with Crippen molar-refractivity contribution < 1.29 is 32.6 Å². The number of carboxylic acids is 1. The molecule has 2 aromatic carbocycles. The van der Waals surface area contributed by atoms with Gasteiger partial charge in [-0.25, -0.2) is 0 Å². The van der Waals surface area contributed by atoms with Crippen molar-refractivity contribution in [3.63, 3.8) is 0 Å². The summed E-state index contributed by atoms with van der Waals surface area (Å²) in [4.78, 5) is 28.8. The van der Waals surface area contributed by atoms with Crippen molar-refractivity contribution in [3.8, 4) is 5.75 Å². The number of halogens is 4. The standard InChI is InChI=1S/C25H21ClF3NO4/c26-19-11-18(20(31)12-24(23(32)33)9-3-4-10-24)22(17-6-2-1-5-16(17)19)34-14-15-7-8-21(30-13-15)25(27,28)29/h1-2,5-8,11,13H,3-4,9-10,12,14H2,(H,32,33). The molecule has 9 heteroatoms.